The van der Waals surface area contributed by atoms with Crippen LogP contribution >= 0.6 is 45.3 Å². The van der Waals surface area contributed by atoms with Gasteiger partial charge in [0.15, 0.2) is 0 Å². The van der Waals surface area contributed by atoms with Gasteiger partial charge in [-0.15, -0.1) is 22.7 Å². The topological polar surface area (TPSA) is 42.0 Å². The average Bonchev–Trinajstić information content (AvgIpc) is 2.97. The van der Waals surface area contributed by atoms with Crippen LogP contribution in [0.1, 0.15) is 40.1 Å². The summed E-state index contributed by atoms with van der Waals surface area (Å²) in [5.74, 6) is -0.0325. The number of aromatic nitrogens is 1. The normalized spacial score (nSPS) is 12.4. The minimum atomic E-state index is -0.0413. The Bertz CT molecular complexity index is 550. The quantitative estimate of drug-likeness (QED) is 0.803. The fourth-order valence-electron chi connectivity index (χ4n) is 1.46. The van der Waals surface area contributed by atoms with Crippen LogP contribution in [0.3, 0.4) is 0 Å². The van der Waals surface area contributed by atoms with Gasteiger partial charge in [-0.3, -0.25) is 4.79 Å². The van der Waals surface area contributed by atoms with Gasteiger partial charge in [0, 0.05) is 16.5 Å². The van der Waals surface area contributed by atoms with Crippen molar-refractivity contribution in [3.63, 3.8) is 0 Å². The van der Waals surface area contributed by atoms with Crippen molar-refractivity contribution < 1.29 is 4.79 Å². The Morgan fingerprint density at radius 3 is 2.94 bits per heavy atom. The number of thiazole rings is 1. The Labute approximate surface area is 128 Å². The summed E-state index contributed by atoms with van der Waals surface area (Å²) in [6.45, 7) is 4.07. The Hall–Kier alpha value is -0.470. The third kappa shape index (κ3) is 3.30. The minimum Gasteiger partial charge on any atom is -0.343 e. The lowest BCUT2D eigenvalue weighted by Crippen LogP contribution is -2.26. The smallest absolute Gasteiger partial charge is 0.252 e. The molecule has 96 valence electrons. The van der Waals surface area contributed by atoms with Crippen molar-refractivity contribution in [3.05, 3.63) is 36.0 Å². The molecule has 0 saturated heterocycles. The number of amides is 1. The largest absolute Gasteiger partial charge is 0.343 e. The first-order valence-electron chi connectivity index (χ1n) is 5.59. The molecule has 0 bridgehead atoms. The van der Waals surface area contributed by atoms with Crippen LogP contribution in [0.15, 0.2) is 17.6 Å². The number of nitrogens with one attached hydrogen (secondary N) is 1. The number of hydrogen-bond donors (Lipinski definition) is 1. The summed E-state index contributed by atoms with van der Waals surface area (Å²) >= 11 is 5.45. The van der Waals surface area contributed by atoms with E-state index in [0.717, 1.165) is 19.9 Å². The molecule has 1 unspecified atom stereocenters. The molecule has 18 heavy (non-hydrogen) atoms. The van der Waals surface area contributed by atoms with Crippen LogP contribution in [0.2, 0.25) is 0 Å². The lowest BCUT2D eigenvalue weighted by molar-refractivity contribution is 0.0940. The van der Waals surface area contributed by atoms with E-state index >= 15 is 0 Å². The fourth-order valence-corrected chi connectivity index (χ4v) is 3.64. The van der Waals surface area contributed by atoms with Gasteiger partial charge in [0.05, 0.1) is 14.5 Å². The molecule has 0 fully saturated rings. The molecule has 0 spiro atoms. The van der Waals surface area contributed by atoms with Gasteiger partial charge < -0.3 is 5.32 Å². The lowest BCUT2D eigenvalue weighted by Gasteiger charge is -2.10. The van der Waals surface area contributed by atoms with Gasteiger partial charge in [-0.05, 0) is 42.0 Å². The van der Waals surface area contributed by atoms with E-state index in [9.17, 15) is 4.79 Å². The van der Waals surface area contributed by atoms with E-state index in [2.05, 4.69) is 39.8 Å². The molecule has 2 aromatic heterocycles. The van der Waals surface area contributed by atoms with Gasteiger partial charge in [-0.1, -0.05) is 6.92 Å². The van der Waals surface area contributed by atoms with Crippen molar-refractivity contribution in [2.24, 2.45) is 0 Å². The monoisotopic (exact) mass is 392 g/mol. The van der Waals surface area contributed by atoms with Crippen LogP contribution in [0.5, 0.6) is 0 Å². The first-order valence-corrected chi connectivity index (χ1v) is 8.37. The summed E-state index contributed by atoms with van der Waals surface area (Å²) in [5, 5.41) is 5.82. The molecule has 0 aliphatic carbocycles. The third-order valence-corrected chi connectivity index (χ3v) is 5.58. The van der Waals surface area contributed by atoms with Crippen molar-refractivity contribution in [2.75, 3.05) is 0 Å². The van der Waals surface area contributed by atoms with E-state index < -0.39 is 0 Å². The van der Waals surface area contributed by atoms with Crippen molar-refractivity contribution in [1.82, 2.24) is 10.3 Å². The highest BCUT2D eigenvalue weighted by Crippen LogP contribution is 2.21. The van der Waals surface area contributed by atoms with Crippen LogP contribution < -0.4 is 5.32 Å². The molecule has 2 heterocycles. The van der Waals surface area contributed by atoms with Crippen LogP contribution in [0, 0.1) is 2.88 Å². The van der Waals surface area contributed by atoms with E-state index in [1.165, 1.54) is 4.88 Å². The number of aryl methyl sites for hydroxylation is 1. The molecule has 3 nitrogen and oxygen atoms in total. The molecule has 0 radical (unpaired) electrons. The maximum absolute atomic E-state index is 12.0. The van der Waals surface area contributed by atoms with Gasteiger partial charge in [0.1, 0.15) is 5.01 Å². The zero-order valence-electron chi connectivity index (χ0n) is 10.1. The van der Waals surface area contributed by atoms with Crippen LogP contribution in [-0.2, 0) is 6.42 Å². The number of thiophene rings is 1. The van der Waals surface area contributed by atoms with Gasteiger partial charge in [-0.2, -0.15) is 0 Å². The predicted octanol–water partition coefficient (Wildman–Crippen LogP) is 3.86. The number of carbonyl (C=O) groups is 1. The molecule has 2 aromatic rings. The number of rotatable bonds is 4. The second-order valence-corrected chi connectivity index (χ2v) is 7.81. The molecule has 1 N–H and O–H groups in total. The summed E-state index contributed by atoms with van der Waals surface area (Å²) < 4.78 is 1.12. The first-order chi connectivity index (χ1) is 8.60. The van der Waals surface area contributed by atoms with Crippen LogP contribution in [0.4, 0.5) is 0 Å². The van der Waals surface area contributed by atoms with Gasteiger partial charge >= 0.3 is 0 Å². The van der Waals surface area contributed by atoms with E-state index in [4.69, 9.17) is 0 Å². The molecular weight excluding hydrogens is 379 g/mol. The molecule has 0 saturated carbocycles. The van der Waals surface area contributed by atoms with E-state index in [-0.39, 0.29) is 11.9 Å². The Balaban J connectivity index is 2.02. The number of carbonyl (C=O) groups excluding carboxylic acids is 1. The van der Waals surface area contributed by atoms with Gasteiger partial charge in [0.25, 0.3) is 5.91 Å². The third-order valence-electron chi connectivity index (χ3n) is 2.47. The molecule has 1 amide bonds. The lowest BCUT2D eigenvalue weighted by atomic mass is 10.3. The number of halogens is 1. The highest BCUT2D eigenvalue weighted by atomic mass is 127. The minimum absolute atomic E-state index is 0.0325. The Morgan fingerprint density at radius 2 is 2.39 bits per heavy atom. The average molecular weight is 392 g/mol. The molecule has 0 aliphatic heterocycles. The maximum Gasteiger partial charge on any atom is 0.252 e. The van der Waals surface area contributed by atoms with Crippen molar-refractivity contribution in [2.45, 2.75) is 26.3 Å². The van der Waals surface area contributed by atoms with Gasteiger partial charge in [0.2, 0.25) is 0 Å². The molecular formula is C12H13IN2OS2. The van der Waals surface area contributed by atoms with Crippen LogP contribution in [0.25, 0.3) is 0 Å². The highest BCUT2D eigenvalue weighted by Gasteiger charge is 2.15. The summed E-state index contributed by atoms with van der Waals surface area (Å²) in [7, 11) is 0. The van der Waals surface area contributed by atoms with E-state index in [1.54, 1.807) is 22.7 Å². The molecule has 6 heteroatoms. The predicted molar refractivity (Wildman–Crippen MR) is 84.4 cm³/mol. The summed E-state index contributed by atoms with van der Waals surface area (Å²) in [6, 6.07) is 1.85. The summed E-state index contributed by atoms with van der Waals surface area (Å²) in [6.07, 6.45) is 2.87. The first kappa shape index (κ1) is 14.0. The number of hydrogen-bond acceptors (Lipinski definition) is 4. The molecule has 0 aliphatic rings. The Kier molecular flexibility index (Phi) is 4.74. The second kappa shape index (κ2) is 6.12. The fraction of sp³-hybridized carbons (Fsp3) is 0.333. The van der Waals surface area contributed by atoms with Crippen molar-refractivity contribution >= 4 is 51.2 Å². The molecule has 1 atom stereocenters. The summed E-state index contributed by atoms with van der Waals surface area (Å²) in [5.41, 5.74) is 0.725. The summed E-state index contributed by atoms with van der Waals surface area (Å²) in [4.78, 5) is 17.6. The maximum atomic E-state index is 12.0. The second-order valence-electron chi connectivity index (χ2n) is 3.85. The highest BCUT2D eigenvalue weighted by molar-refractivity contribution is 14.1. The molecule has 0 aromatic carbocycles. The van der Waals surface area contributed by atoms with E-state index in [1.807, 2.05) is 24.6 Å². The van der Waals surface area contributed by atoms with Crippen LogP contribution in [-0.4, -0.2) is 10.9 Å². The van der Waals surface area contributed by atoms with Crippen molar-refractivity contribution in [1.29, 1.82) is 0 Å². The van der Waals surface area contributed by atoms with Crippen molar-refractivity contribution in [3.8, 4) is 0 Å². The zero-order valence-corrected chi connectivity index (χ0v) is 13.9. The number of nitrogens with zero attached hydrogens (tertiary/aromatic N) is 1. The standard InChI is InChI=1S/C12H13IN2OS2/c1-3-9-5-14-12(18-9)7(2)15-11(16)8-4-10(13)17-6-8/h4-7H,3H2,1-2H3,(H,15,16). The van der Waals surface area contributed by atoms with E-state index in [0.29, 0.717) is 0 Å². The molecule has 2 rings (SSSR count). The van der Waals surface area contributed by atoms with Gasteiger partial charge in [-0.25, -0.2) is 4.98 Å². The zero-order chi connectivity index (χ0) is 13.1. The Morgan fingerprint density at radius 1 is 1.61 bits per heavy atom. The SMILES string of the molecule is CCc1cnc(C(C)NC(=O)c2csc(I)c2)s1.